The van der Waals surface area contributed by atoms with Crippen LogP contribution in [0.15, 0.2) is 61.3 Å². The molecule has 1 aromatic carbocycles. The number of aromatic amines is 2. The first kappa shape index (κ1) is 19.8. The summed E-state index contributed by atoms with van der Waals surface area (Å²) in [5.74, 6) is 1.11. The van der Waals surface area contributed by atoms with Gasteiger partial charge in [0.1, 0.15) is 11.6 Å². The lowest BCUT2D eigenvalue weighted by Crippen LogP contribution is -2.29. The average molecular weight is 465 g/mol. The Bertz CT molecular complexity index is 1680. The van der Waals surface area contributed by atoms with Crippen molar-refractivity contribution < 1.29 is 4.39 Å². The number of nitrogens with zero attached hydrogens (tertiary/aromatic N) is 6. The molecule has 6 aromatic rings. The Labute approximate surface area is 198 Å². The van der Waals surface area contributed by atoms with E-state index in [1.165, 1.54) is 28.2 Å². The number of hydrogen-bond acceptors (Lipinski definition) is 6. The summed E-state index contributed by atoms with van der Waals surface area (Å²) in [7, 11) is 0. The fraction of sp³-hybridized carbons (Fsp3) is 0.160. The second-order valence-corrected chi connectivity index (χ2v) is 8.71. The second-order valence-electron chi connectivity index (χ2n) is 8.71. The van der Waals surface area contributed by atoms with Gasteiger partial charge in [0.05, 0.1) is 18.0 Å². The van der Waals surface area contributed by atoms with Crippen LogP contribution < -0.4 is 5.32 Å². The molecule has 1 aliphatic carbocycles. The Morgan fingerprint density at radius 2 is 2.06 bits per heavy atom. The van der Waals surface area contributed by atoms with Crippen LogP contribution in [0.4, 0.5) is 10.3 Å². The lowest BCUT2D eigenvalue weighted by Gasteiger charge is -2.24. The maximum Gasteiger partial charge on any atom is 0.228 e. The summed E-state index contributed by atoms with van der Waals surface area (Å²) in [5.41, 5.74) is 5.58. The van der Waals surface area contributed by atoms with Crippen LogP contribution in [0.25, 0.3) is 39.3 Å². The fourth-order valence-electron chi connectivity index (χ4n) is 4.89. The third-order valence-corrected chi connectivity index (χ3v) is 6.51. The van der Waals surface area contributed by atoms with Crippen LogP contribution >= 0.6 is 0 Å². The van der Waals surface area contributed by atoms with Crippen LogP contribution in [0.1, 0.15) is 17.7 Å². The van der Waals surface area contributed by atoms with Gasteiger partial charge in [-0.3, -0.25) is 4.98 Å². The van der Waals surface area contributed by atoms with Crippen LogP contribution in [0.5, 0.6) is 0 Å². The number of H-pyrrole nitrogens is 2. The SMILES string of the molecule is Fc1cncc(-c2nc(N[C@@H]3CCc4[nH]c5ccccc5c4C3)n3ncc(-c4ncc[nH]4)c3n2)c1. The second kappa shape index (κ2) is 7.73. The third kappa shape index (κ3) is 3.33. The molecule has 3 N–H and O–H groups in total. The topological polar surface area (TPSA) is 112 Å². The summed E-state index contributed by atoms with van der Waals surface area (Å²) in [5, 5.41) is 9.40. The average Bonchev–Trinajstić information content (AvgIpc) is 3.62. The number of para-hydroxylation sites is 1. The number of benzene rings is 1. The van der Waals surface area contributed by atoms with Gasteiger partial charge in [-0.2, -0.15) is 14.6 Å². The molecular formula is C25H20FN9. The van der Waals surface area contributed by atoms with Crippen molar-refractivity contribution in [1.29, 1.82) is 0 Å². The van der Waals surface area contributed by atoms with E-state index in [-0.39, 0.29) is 6.04 Å². The lowest BCUT2D eigenvalue weighted by molar-refractivity contribution is 0.599. The number of hydrogen-bond donors (Lipinski definition) is 3. The van der Waals surface area contributed by atoms with Crippen molar-refractivity contribution in [3.8, 4) is 22.8 Å². The number of nitrogens with one attached hydrogen (secondary N) is 3. The van der Waals surface area contributed by atoms with Crippen molar-refractivity contribution in [3.05, 3.63) is 78.4 Å². The number of halogens is 1. The molecule has 0 spiro atoms. The zero-order chi connectivity index (χ0) is 23.4. The van der Waals surface area contributed by atoms with E-state index in [4.69, 9.17) is 9.97 Å². The third-order valence-electron chi connectivity index (χ3n) is 6.51. The molecule has 5 aromatic heterocycles. The minimum atomic E-state index is -0.445. The molecule has 35 heavy (non-hydrogen) atoms. The molecule has 10 heteroatoms. The first-order chi connectivity index (χ1) is 17.2. The smallest absolute Gasteiger partial charge is 0.228 e. The van der Waals surface area contributed by atoms with Gasteiger partial charge in [-0.1, -0.05) is 18.2 Å². The van der Waals surface area contributed by atoms with Gasteiger partial charge in [0, 0.05) is 46.8 Å². The largest absolute Gasteiger partial charge is 0.358 e. The van der Waals surface area contributed by atoms with E-state index in [1.54, 1.807) is 29.3 Å². The summed E-state index contributed by atoms with van der Waals surface area (Å²) < 4.78 is 15.6. The molecule has 0 bridgehead atoms. The van der Waals surface area contributed by atoms with Crippen LogP contribution in [-0.4, -0.2) is 45.6 Å². The number of pyridine rings is 1. The molecular weight excluding hydrogens is 445 g/mol. The van der Waals surface area contributed by atoms with Crippen molar-refractivity contribution in [3.63, 3.8) is 0 Å². The molecule has 9 nitrogen and oxygen atoms in total. The molecule has 1 atom stereocenters. The molecule has 0 radical (unpaired) electrons. The molecule has 1 aliphatic rings. The van der Waals surface area contributed by atoms with Crippen molar-refractivity contribution in [2.24, 2.45) is 0 Å². The molecule has 7 rings (SSSR count). The van der Waals surface area contributed by atoms with Crippen LogP contribution in [0.2, 0.25) is 0 Å². The maximum absolute atomic E-state index is 14.0. The van der Waals surface area contributed by atoms with Gasteiger partial charge in [0.25, 0.3) is 0 Å². The van der Waals surface area contributed by atoms with E-state index in [9.17, 15) is 4.39 Å². The maximum atomic E-state index is 14.0. The number of aryl methyl sites for hydroxylation is 1. The fourth-order valence-corrected chi connectivity index (χ4v) is 4.89. The van der Waals surface area contributed by atoms with Crippen molar-refractivity contribution in [2.75, 3.05) is 5.32 Å². The van der Waals surface area contributed by atoms with Gasteiger partial charge in [0.2, 0.25) is 5.95 Å². The Morgan fingerprint density at radius 1 is 1.11 bits per heavy atom. The Hall–Kier alpha value is -4.60. The lowest BCUT2D eigenvalue weighted by atomic mass is 9.91. The molecule has 0 saturated carbocycles. The minimum absolute atomic E-state index is 0.148. The first-order valence-electron chi connectivity index (χ1n) is 11.4. The molecule has 0 aliphatic heterocycles. The van der Waals surface area contributed by atoms with Crippen LogP contribution in [0, 0.1) is 5.82 Å². The zero-order valence-electron chi connectivity index (χ0n) is 18.5. The predicted molar refractivity (Wildman–Crippen MR) is 129 cm³/mol. The Morgan fingerprint density at radius 3 is 2.94 bits per heavy atom. The van der Waals surface area contributed by atoms with Gasteiger partial charge in [-0.25, -0.2) is 14.4 Å². The highest BCUT2D eigenvalue weighted by atomic mass is 19.1. The van der Waals surface area contributed by atoms with Crippen LogP contribution in [0.3, 0.4) is 0 Å². The highest BCUT2D eigenvalue weighted by Gasteiger charge is 2.25. The van der Waals surface area contributed by atoms with Gasteiger partial charge in [0.15, 0.2) is 11.5 Å². The summed E-state index contributed by atoms with van der Waals surface area (Å²) in [6.07, 6.45) is 10.6. The summed E-state index contributed by atoms with van der Waals surface area (Å²) in [4.78, 5) is 24.4. The molecule has 0 unspecified atom stereocenters. The molecule has 5 heterocycles. The standard InChI is InChI=1S/C25H20FN9/c26-15-9-14(11-27-12-15)22-33-24-19(23-28-7-8-29-23)13-30-35(24)25(34-22)31-16-5-6-21-18(10-16)17-3-1-2-4-20(17)32-21/h1-4,7-9,11-13,16,32H,5-6,10H2,(H,28,29)(H,31,33,34)/t16-/m1/s1. The Balaban J connectivity index is 1.32. The summed E-state index contributed by atoms with van der Waals surface area (Å²) >= 11 is 0. The van der Waals surface area contributed by atoms with E-state index >= 15 is 0 Å². The summed E-state index contributed by atoms with van der Waals surface area (Å²) in [6.45, 7) is 0. The highest BCUT2D eigenvalue weighted by Crippen LogP contribution is 2.31. The van der Waals surface area contributed by atoms with Crippen molar-refractivity contribution in [2.45, 2.75) is 25.3 Å². The molecule has 0 fully saturated rings. The highest BCUT2D eigenvalue weighted by molar-refractivity contribution is 5.85. The number of imidazole rings is 1. The van der Waals surface area contributed by atoms with Gasteiger partial charge in [-0.15, -0.1) is 0 Å². The quantitative estimate of drug-likeness (QED) is 0.360. The van der Waals surface area contributed by atoms with E-state index in [1.807, 2.05) is 0 Å². The molecule has 172 valence electrons. The van der Waals surface area contributed by atoms with Gasteiger partial charge < -0.3 is 15.3 Å². The first-order valence-corrected chi connectivity index (χ1v) is 11.4. The van der Waals surface area contributed by atoms with E-state index in [0.29, 0.717) is 28.8 Å². The molecule has 0 saturated heterocycles. The predicted octanol–water partition coefficient (Wildman–Crippen LogP) is 4.17. The Kier molecular flexibility index (Phi) is 4.38. The van der Waals surface area contributed by atoms with Crippen molar-refractivity contribution in [1.82, 2.24) is 39.5 Å². The normalized spacial score (nSPS) is 15.5. The number of aromatic nitrogens is 8. The van der Waals surface area contributed by atoms with E-state index < -0.39 is 5.82 Å². The van der Waals surface area contributed by atoms with Crippen molar-refractivity contribution >= 4 is 22.5 Å². The zero-order valence-corrected chi connectivity index (χ0v) is 18.5. The number of rotatable bonds is 4. The number of anilines is 1. The van der Waals surface area contributed by atoms with Gasteiger partial charge >= 0.3 is 0 Å². The summed E-state index contributed by atoms with van der Waals surface area (Å²) in [6, 6.07) is 9.92. The van der Waals surface area contributed by atoms with E-state index in [2.05, 4.69) is 54.6 Å². The van der Waals surface area contributed by atoms with Crippen LogP contribution in [-0.2, 0) is 12.8 Å². The number of fused-ring (bicyclic) bond motifs is 4. The minimum Gasteiger partial charge on any atom is -0.358 e. The monoisotopic (exact) mass is 465 g/mol. The molecule has 0 amide bonds. The van der Waals surface area contributed by atoms with E-state index in [0.717, 1.165) is 31.0 Å². The van der Waals surface area contributed by atoms with Gasteiger partial charge in [-0.05, 0) is 37.0 Å².